The van der Waals surface area contributed by atoms with E-state index in [0.29, 0.717) is 11.2 Å². The zero-order chi connectivity index (χ0) is 17.0. The molecule has 1 aliphatic rings. The maximum Gasteiger partial charge on any atom is 0.264 e. The molecule has 1 heterocycles. The average molecular weight is 387 g/mol. The summed E-state index contributed by atoms with van der Waals surface area (Å²) in [7, 11) is -5.36. The van der Waals surface area contributed by atoms with Gasteiger partial charge >= 0.3 is 0 Å². The van der Waals surface area contributed by atoms with E-state index in [2.05, 4.69) is 33.9 Å². The second kappa shape index (κ2) is 8.25. The van der Waals surface area contributed by atoms with Crippen LogP contribution in [0, 0.1) is 0 Å². The molecular formula is C14H30O4S3Si. The zero-order valence-corrected chi connectivity index (χ0v) is 18.0. The van der Waals surface area contributed by atoms with E-state index in [-0.39, 0.29) is 11.1 Å². The third-order valence-corrected chi connectivity index (χ3v) is 12.2. The predicted molar refractivity (Wildman–Crippen MR) is 101 cm³/mol. The van der Waals surface area contributed by atoms with Crippen molar-refractivity contribution < 1.29 is 17.0 Å². The van der Waals surface area contributed by atoms with E-state index in [1.807, 2.05) is 23.5 Å². The summed E-state index contributed by atoms with van der Waals surface area (Å²) >= 11 is 3.80. The second-order valence-electron chi connectivity index (χ2n) is 7.25. The lowest BCUT2D eigenvalue weighted by molar-refractivity contribution is 0.123. The summed E-state index contributed by atoms with van der Waals surface area (Å²) < 4.78 is 34.9. The molecule has 8 heteroatoms. The summed E-state index contributed by atoms with van der Waals surface area (Å²) in [5.74, 6) is 2.29. The van der Waals surface area contributed by atoms with Crippen LogP contribution >= 0.6 is 23.5 Å². The highest BCUT2D eigenvalue weighted by molar-refractivity contribution is 8.17. The van der Waals surface area contributed by atoms with Gasteiger partial charge in [0.1, 0.15) is 6.10 Å². The van der Waals surface area contributed by atoms with Gasteiger partial charge in [0.05, 0.1) is 17.4 Å². The molecule has 0 bridgehead atoms. The molecule has 1 unspecified atom stereocenters. The SMILES string of the molecule is CC(C)(C)[Si](C)(C)OCC(CC1SCCCS1)OS(C)(=O)=O. The van der Waals surface area contributed by atoms with Crippen molar-refractivity contribution in [2.75, 3.05) is 24.4 Å². The summed E-state index contributed by atoms with van der Waals surface area (Å²) in [6, 6.07) is 0. The van der Waals surface area contributed by atoms with Crippen LogP contribution in [0.3, 0.4) is 0 Å². The smallest absolute Gasteiger partial charge is 0.264 e. The molecule has 4 nitrogen and oxygen atoms in total. The molecule has 0 aliphatic carbocycles. The largest absolute Gasteiger partial charge is 0.414 e. The highest BCUT2D eigenvalue weighted by atomic mass is 32.2. The average Bonchev–Trinajstić information content (AvgIpc) is 2.34. The van der Waals surface area contributed by atoms with Gasteiger partial charge < -0.3 is 4.43 Å². The molecular weight excluding hydrogens is 356 g/mol. The Bertz CT molecular complexity index is 439. The molecule has 0 spiro atoms. The van der Waals surface area contributed by atoms with Gasteiger partial charge in [0.2, 0.25) is 0 Å². The van der Waals surface area contributed by atoms with Gasteiger partial charge in [-0.2, -0.15) is 8.42 Å². The third-order valence-electron chi connectivity index (χ3n) is 4.10. The van der Waals surface area contributed by atoms with Gasteiger partial charge in [0.15, 0.2) is 8.32 Å². The molecule has 0 amide bonds. The molecule has 0 N–H and O–H groups in total. The second-order valence-corrected chi connectivity index (χ2v) is 16.6. The van der Waals surface area contributed by atoms with Crippen molar-refractivity contribution in [2.24, 2.45) is 0 Å². The quantitative estimate of drug-likeness (QED) is 0.488. The van der Waals surface area contributed by atoms with Crippen molar-refractivity contribution >= 4 is 42.0 Å². The molecule has 0 radical (unpaired) electrons. The fourth-order valence-electron chi connectivity index (χ4n) is 1.79. The highest BCUT2D eigenvalue weighted by Gasteiger charge is 2.38. The molecule has 0 aromatic rings. The monoisotopic (exact) mass is 386 g/mol. The van der Waals surface area contributed by atoms with Crippen molar-refractivity contribution in [3.63, 3.8) is 0 Å². The molecule has 132 valence electrons. The van der Waals surface area contributed by atoms with Gasteiger partial charge in [-0.15, -0.1) is 23.5 Å². The summed E-state index contributed by atoms with van der Waals surface area (Å²) in [5, 5.41) is 0.108. The van der Waals surface area contributed by atoms with E-state index in [9.17, 15) is 8.42 Å². The predicted octanol–water partition coefficient (Wildman–Crippen LogP) is 3.94. The fourth-order valence-corrected chi connectivity index (χ4v) is 6.45. The van der Waals surface area contributed by atoms with Gasteiger partial charge in [0.25, 0.3) is 10.1 Å². The lowest BCUT2D eigenvalue weighted by Gasteiger charge is -2.37. The Balaban J connectivity index is 2.65. The van der Waals surface area contributed by atoms with Crippen molar-refractivity contribution in [2.45, 2.75) is 62.4 Å². The molecule has 0 aromatic carbocycles. The fraction of sp³-hybridized carbons (Fsp3) is 1.00. The maximum atomic E-state index is 11.5. The standard InChI is InChI=1S/C14H30O4S3Si/c1-14(2,3)22(5,6)17-11-12(18-21(4,15)16)10-13-19-8-7-9-20-13/h12-13H,7-11H2,1-6H3. The van der Waals surface area contributed by atoms with E-state index in [4.69, 9.17) is 8.61 Å². The van der Waals surface area contributed by atoms with E-state index >= 15 is 0 Å². The Labute approximate surface area is 145 Å². The van der Waals surface area contributed by atoms with Crippen LogP contribution in [0.1, 0.15) is 33.6 Å². The van der Waals surface area contributed by atoms with E-state index < -0.39 is 18.4 Å². The maximum absolute atomic E-state index is 11.5. The first kappa shape index (κ1) is 20.8. The van der Waals surface area contributed by atoms with Crippen LogP contribution in [0.2, 0.25) is 18.1 Å². The topological polar surface area (TPSA) is 52.6 Å². The Morgan fingerprint density at radius 2 is 1.77 bits per heavy atom. The van der Waals surface area contributed by atoms with Gasteiger partial charge in [-0.3, -0.25) is 4.18 Å². The van der Waals surface area contributed by atoms with Gasteiger partial charge in [0, 0.05) is 0 Å². The lowest BCUT2D eigenvalue weighted by Crippen LogP contribution is -2.43. The van der Waals surface area contributed by atoms with Crippen molar-refractivity contribution in [1.82, 2.24) is 0 Å². The minimum Gasteiger partial charge on any atom is -0.414 e. The summed E-state index contributed by atoms with van der Waals surface area (Å²) in [4.78, 5) is 0. The van der Waals surface area contributed by atoms with Crippen LogP contribution in [0.4, 0.5) is 0 Å². The Kier molecular flexibility index (Phi) is 7.81. The van der Waals surface area contributed by atoms with Crippen LogP contribution in [0.15, 0.2) is 0 Å². The first-order valence-corrected chi connectivity index (χ1v) is 14.5. The van der Waals surface area contributed by atoms with Crippen molar-refractivity contribution in [1.29, 1.82) is 0 Å². The lowest BCUT2D eigenvalue weighted by atomic mass is 10.2. The third kappa shape index (κ3) is 7.57. The Morgan fingerprint density at radius 3 is 2.23 bits per heavy atom. The summed E-state index contributed by atoms with van der Waals surface area (Å²) in [6.45, 7) is 11.2. The van der Waals surface area contributed by atoms with Crippen molar-refractivity contribution in [3.05, 3.63) is 0 Å². The first-order chi connectivity index (χ1) is 9.91. The Morgan fingerprint density at radius 1 is 1.23 bits per heavy atom. The van der Waals surface area contributed by atoms with Gasteiger partial charge in [-0.1, -0.05) is 20.8 Å². The Hall–Kier alpha value is 0.787. The van der Waals surface area contributed by atoms with Crippen LogP contribution in [0.25, 0.3) is 0 Å². The van der Waals surface area contributed by atoms with Crippen molar-refractivity contribution in [3.8, 4) is 0 Å². The summed E-state index contributed by atoms with van der Waals surface area (Å²) in [6.07, 6.45) is 2.68. The number of thioether (sulfide) groups is 2. The van der Waals surface area contributed by atoms with Crippen LogP contribution < -0.4 is 0 Å². The summed E-state index contributed by atoms with van der Waals surface area (Å²) in [5.41, 5.74) is 0. The molecule has 1 saturated heterocycles. The molecule has 0 aromatic heterocycles. The molecule has 0 saturated carbocycles. The minimum absolute atomic E-state index is 0.108. The van der Waals surface area contributed by atoms with E-state index in [0.717, 1.165) is 24.2 Å². The van der Waals surface area contributed by atoms with Crippen LogP contribution in [-0.2, 0) is 18.7 Å². The van der Waals surface area contributed by atoms with Crippen LogP contribution in [0.5, 0.6) is 0 Å². The van der Waals surface area contributed by atoms with E-state index in [1.165, 1.54) is 6.42 Å². The number of hydrogen-bond donors (Lipinski definition) is 0. The number of hydrogen-bond acceptors (Lipinski definition) is 6. The van der Waals surface area contributed by atoms with Gasteiger partial charge in [-0.05, 0) is 42.5 Å². The molecule has 1 rings (SSSR count). The number of rotatable bonds is 7. The first-order valence-electron chi connectivity index (χ1n) is 7.66. The molecule has 1 aliphatic heterocycles. The normalized spacial score (nSPS) is 20.1. The minimum atomic E-state index is -3.46. The zero-order valence-electron chi connectivity index (χ0n) is 14.5. The molecule has 22 heavy (non-hydrogen) atoms. The van der Waals surface area contributed by atoms with Gasteiger partial charge in [-0.25, -0.2) is 0 Å². The molecule has 1 fully saturated rings. The van der Waals surface area contributed by atoms with Crippen LogP contribution in [-0.4, -0.2) is 51.8 Å². The highest BCUT2D eigenvalue weighted by Crippen LogP contribution is 2.38. The molecule has 1 atom stereocenters. The van der Waals surface area contributed by atoms with E-state index in [1.54, 1.807) is 0 Å².